The smallest absolute Gasteiger partial charge is 0.338 e. The van der Waals surface area contributed by atoms with E-state index in [1.54, 1.807) is 0 Å². The van der Waals surface area contributed by atoms with Crippen LogP contribution in [0.3, 0.4) is 0 Å². The van der Waals surface area contributed by atoms with E-state index in [2.05, 4.69) is 123 Å². The van der Waals surface area contributed by atoms with Gasteiger partial charge >= 0.3 is 11.9 Å². The number of ketones is 2. The maximum atomic E-state index is 13.6. The fraction of sp³-hybridized carbons (Fsp3) is 0.305. The number of nitro groups is 6. The van der Waals surface area contributed by atoms with Gasteiger partial charge in [0.15, 0.2) is 11.6 Å². The Morgan fingerprint density at radius 2 is 0.507 bits per heavy atom. The summed E-state index contributed by atoms with van der Waals surface area (Å²) in [5.74, 6) is -2.75. The van der Waals surface area contributed by atoms with E-state index in [1.807, 2.05) is 24.3 Å². The molecule has 750 valence electrons. The third-order valence-electron chi connectivity index (χ3n) is 29.8. The van der Waals surface area contributed by atoms with E-state index < -0.39 is 132 Å². The zero-order valence-electron chi connectivity index (χ0n) is 81.8. The van der Waals surface area contributed by atoms with Crippen LogP contribution in [-0.4, -0.2) is 132 Å². The van der Waals surface area contributed by atoms with Gasteiger partial charge in [-0.05, 0) is 249 Å². The Bertz CT molecular complexity index is 8020. The van der Waals surface area contributed by atoms with Crippen molar-refractivity contribution in [2.75, 3.05) is 79.3 Å². The fourth-order valence-corrected chi connectivity index (χ4v) is 23.2. The molecule has 30 nitrogen and oxygen atoms in total. The lowest BCUT2D eigenvalue weighted by molar-refractivity contribution is -0.394. The molecule has 19 aromatic rings. The molecule has 0 unspecified atom stereocenters. The predicted octanol–water partition coefficient (Wildman–Crippen LogP) is 28.8. The molecule has 0 saturated carbocycles. The highest BCUT2D eigenvalue weighted by atomic mass is 16.7. The average Bonchev–Trinajstić information content (AvgIpc) is 0.743. The minimum atomic E-state index is -1.04. The highest BCUT2D eigenvalue weighted by Crippen LogP contribution is 2.62. The number of aryl methyl sites for hydroxylation is 2. The van der Waals surface area contributed by atoms with Crippen LogP contribution in [0.15, 0.2) is 182 Å². The minimum Gasteiger partial charge on any atom is -0.491 e. The van der Waals surface area contributed by atoms with Crippen LogP contribution < -0.4 is 9.47 Å². The lowest BCUT2D eigenvalue weighted by atomic mass is 9.72. The van der Waals surface area contributed by atoms with Crippen molar-refractivity contribution in [1.82, 2.24) is 0 Å². The van der Waals surface area contributed by atoms with Crippen LogP contribution in [0, 0.1) is 60.7 Å². The molecule has 0 aromatic heterocycles. The van der Waals surface area contributed by atoms with Gasteiger partial charge in [0.25, 0.3) is 34.1 Å². The molecule has 0 bridgehead atoms. The number of nitrogens with zero attached hydrogens (tertiary/aromatic N) is 6. The maximum absolute atomic E-state index is 13.6. The molecule has 0 heterocycles. The number of nitro benzene ring substituents is 6. The van der Waals surface area contributed by atoms with E-state index >= 15 is 0 Å². The molecule has 19 aromatic carbocycles. The molecule has 2 aliphatic carbocycles. The summed E-state index contributed by atoms with van der Waals surface area (Å²) in [6.45, 7) is 5.11. The predicted molar refractivity (Wildman–Crippen MR) is 571 cm³/mol. The molecule has 0 N–H and O–H groups in total. The second kappa shape index (κ2) is 41.8. The quantitative estimate of drug-likeness (QED) is 0.00853. The first-order valence-corrected chi connectivity index (χ1v) is 51.1. The first-order valence-electron chi connectivity index (χ1n) is 51.1. The maximum Gasteiger partial charge on any atom is 0.338 e. The van der Waals surface area contributed by atoms with Gasteiger partial charge in [-0.1, -0.05) is 214 Å². The third kappa shape index (κ3) is 18.1. The van der Waals surface area contributed by atoms with Crippen LogP contribution >= 0.6 is 0 Å². The second-order valence-corrected chi connectivity index (χ2v) is 38.9. The SMILES string of the molecule is CCCCCCCCCCCCc1cc2c3cccc4c5cc(-c6ccc(OCCOCCOCCOC(=O)c7cc8c(c([N+](=O)[O-])c7)-c7c(cc([N+](=O)[O-])cc7[N+](=O)[O-])C8=O)cc6)cc6c7cc(-c8ccc(OCCOCCOCCOC(=O)c9cc%10c(c([N+](=O)[O-])c9)-c9c(cc([N+](=O)[O-])cc9[N+](=O)[O-])C%10=O)cc8)cc8c9cccc%10c%11cc(CCCCCCCCCCCC)cc%12c(c1)c2c1c(c34)c(c56)c(c87)c(c%109)c1c%11%12. The summed E-state index contributed by atoms with van der Waals surface area (Å²) >= 11 is 0. The van der Waals surface area contributed by atoms with Crippen LogP contribution in [0.4, 0.5) is 34.1 Å². The normalized spacial score (nSPS) is 12.5. The molecule has 2 aliphatic rings. The standard InChI is InChI=1S/C118H104N6O24/c1-3-5-7-9-11-13-15-17-19-21-25-67-51-83-79-27-23-29-81-87-55-71(69-31-35-77(36-32-69)145-47-43-141-39-41-143-45-49-147-117(127)73-59-91-105(95(61-73)121(133)134)107-93(115(91)125)63-75(119(129)130)65-97(107)123(137)138)57-89-90-58-72(70-33-37-78(38-34-70)146-48-44-142-40-42-144-46-50-148-118(128)74-60-92-106(96(62-74)122(135)136)108-94(116(92)126)64-76(120(131)132)66-98(108)124(139)140)56-88-82-30-24-28-80-84-52-68(26-22-20-18-16-14-12-10-8-6-4-2)54-86-85(53-67)101(83)111-109(99(79)81)113(103(87)89)114(104(88)90)110(100(80)82)112(111)102(84)86/h23-24,27-38,51-66H,3-22,25-26,39-50H2,1-2H3. The van der Waals surface area contributed by atoms with Gasteiger partial charge in [0, 0.05) is 46.5 Å². The van der Waals surface area contributed by atoms with Crippen molar-refractivity contribution >= 4 is 187 Å². The summed E-state index contributed by atoms with van der Waals surface area (Å²) in [7, 11) is 0. The van der Waals surface area contributed by atoms with Crippen LogP contribution in [0.2, 0.25) is 0 Å². The number of unbranched alkanes of at least 4 members (excludes halogenated alkanes) is 18. The molecule has 0 spiro atoms. The van der Waals surface area contributed by atoms with E-state index in [4.69, 9.17) is 37.9 Å². The molecular weight excluding hydrogens is 1890 g/mol. The lowest BCUT2D eigenvalue weighted by Gasteiger charge is -2.30. The van der Waals surface area contributed by atoms with Crippen molar-refractivity contribution in [3.8, 4) is 56.0 Å². The summed E-state index contributed by atoms with van der Waals surface area (Å²) in [6, 6.07) is 57.0. The number of carbonyl (C=O) groups is 4. The Kier molecular flexibility index (Phi) is 27.7. The van der Waals surface area contributed by atoms with Gasteiger partial charge in [-0.25, -0.2) is 9.59 Å². The summed E-state index contributed by atoms with van der Waals surface area (Å²) in [4.78, 5) is 120. The van der Waals surface area contributed by atoms with Gasteiger partial charge in [0.05, 0.1) is 128 Å². The van der Waals surface area contributed by atoms with Crippen molar-refractivity contribution in [3.05, 3.63) is 287 Å². The molecular formula is C118H104N6O24. The first-order chi connectivity index (χ1) is 72.1. The van der Waals surface area contributed by atoms with Gasteiger partial charge in [-0.2, -0.15) is 0 Å². The largest absolute Gasteiger partial charge is 0.491 e. The van der Waals surface area contributed by atoms with Crippen LogP contribution in [0.25, 0.3) is 174 Å². The third-order valence-corrected chi connectivity index (χ3v) is 29.8. The second-order valence-electron chi connectivity index (χ2n) is 38.9. The van der Waals surface area contributed by atoms with Crippen LogP contribution in [0.5, 0.6) is 11.5 Å². The lowest BCUT2D eigenvalue weighted by Crippen LogP contribution is -2.15. The zero-order valence-corrected chi connectivity index (χ0v) is 81.8. The zero-order chi connectivity index (χ0) is 102. The Balaban J connectivity index is 0.555. The molecule has 0 atom stereocenters. The van der Waals surface area contributed by atoms with Gasteiger partial charge in [0.2, 0.25) is 0 Å². The monoisotopic (exact) mass is 1990 g/mol. The number of esters is 2. The molecule has 148 heavy (non-hydrogen) atoms. The molecule has 21 rings (SSSR count). The molecule has 0 saturated heterocycles. The van der Waals surface area contributed by atoms with Gasteiger partial charge < -0.3 is 37.9 Å². The molecule has 0 aliphatic heterocycles. The minimum absolute atomic E-state index is 0.0936. The van der Waals surface area contributed by atoms with Crippen LogP contribution in [0.1, 0.15) is 206 Å². The summed E-state index contributed by atoms with van der Waals surface area (Å²) < 4.78 is 46.5. The summed E-state index contributed by atoms with van der Waals surface area (Å²) in [5, 5.41) is 103. The number of hydrogen-bond donors (Lipinski definition) is 0. The number of benzene rings is 19. The Morgan fingerprint density at radius 3 is 0.811 bits per heavy atom. The van der Waals surface area contributed by atoms with E-state index in [0.717, 1.165) is 106 Å². The van der Waals surface area contributed by atoms with Crippen molar-refractivity contribution in [2.24, 2.45) is 0 Å². The van der Waals surface area contributed by atoms with E-state index in [-0.39, 0.29) is 90.4 Å². The number of hydrogen-bond acceptors (Lipinski definition) is 24. The first kappa shape index (κ1) is 98.0. The van der Waals surface area contributed by atoms with E-state index in [9.17, 15) is 79.9 Å². The average molecular weight is 1990 g/mol. The number of fused-ring (bicyclic) bond motifs is 12. The number of non-ortho nitro benzene ring substituents is 2. The highest BCUT2D eigenvalue weighted by Gasteiger charge is 2.45. The van der Waals surface area contributed by atoms with Gasteiger partial charge in [-0.15, -0.1) is 0 Å². The number of rotatable bonds is 52. The van der Waals surface area contributed by atoms with E-state index in [0.29, 0.717) is 23.6 Å². The molecule has 30 heteroatoms. The summed E-state index contributed by atoms with van der Waals surface area (Å²) in [6.07, 6.45) is 27.3. The van der Waals surface area contributed by atoms with Gasteiger partial charge in [-0.3, -0.25) is 70.3 Å². The Morgan fingerprint density at radius 1 is 0.250 bits per heavy atom. The topological polar surface area (TPSA) is 401 Å². The Hall–Kier alpha value is -16.0. The number of ether oxygens (including phenoxy) is 8. The van der Waals surface area contributed by atoms with Gasteiger partial charge in [0.1, 0.15) is 37.9 Å². The Labute approximate surface area is 846 Å². The van der Waals surface area contributed by atoms with Crippen molar-refractivity contribution in [1.29, 1.82) is 0 Å². The van der Waals surface area contributed by atoms with Crippen molar-refractivity contribution in [2.45, 2.75) is 155 Å². The molecule has 0 radical (unpaired) electrons. The highest BCUT2D eigenvalue weighted by molar-refractivity contribution is 6.61. The molecule has 0 fully saturated rings. The fourth-order valence-electron chi connectivity index (χ4n) is 23.2. The van der Waals surface area contributed by atoms with E-state index in [1.165, 1.54) is 234 Å². The summed E-state index contributed by atoms with van der Waals surface area (Å²) in [5.41, 5.74) is -2.37. The molecule has 0 amide bonds. The van der Waals surface area contributed by atoms with Crippen molar-refractivity contribution < 1.29 is 86.6 Å². The van der Waals surface area contributed by atoms with Crippen LogP contribution in [-0.2, 0) is 41.3 Å². The number of carbonyl (C=O) groups excluding carboxylic acids is 4. The van der Waals surface area contributed by atoms with Crippen molar-refractivity contribution in [3.63, 3.8) is 0 Å².